The zero-order chi connectivity index (χ0) is 17.2. The predicted molar refractivity (Wildman–Crippen MR) is 88.7 cm³/mol. The van der Waals surface area contributed by atoms with Gasteiger partial charge in [-0.3, -0.25) is 10.6 Å². The Morgan fingerprint density at radius 2 is 1.12 bits per heavy atom. The quantitative estimate of drug-likeness (QED) is 0.854. The van der Waals surface area contributed by atoms with Gasteiger partial charge in [0.15, 0.2) is 0 Å². The molecule has 2 aromatic carbocycles. The van der Waals surface area contributed by atoms with E-state index < -0.39 is 12.2 Å². The number of nitrogens with one attached hydrogen (secondary N) is 2. The lowest BCUT2D eigenvalue weighted by Gasteiger charge is -2.11. The van der Waals surface area contributed by atoms with E-state index in [-0.39, 0.29) is 19.0 Å². The molecule has 6 nitrogen and oxygen atoms in total. The third kappa shape index (κ3) is 6.23. The van der Waals surface area contributed by atoms with Crippen molar-refractivity contribution in [2.45, 2.75) is 13.2 Å². The monoisotopic (exact) mass is 326 g/mol. The molecule has 0 atom stereocenters. The number of amides is 2. The molecular weight excluding hydrogens is 308 g/mol. The maximum absolute atomic E-state index is 11.6. The molecule has 0 heterocycles. The second-order valence-corrected chi connectivity index (χ2v) is 4.85. The van der Waals surface area contributed by atoms with Gasteiger partial charge in [0, 0.05) is 0 Å². The predicted octanol–water partition coefficient (Wildman–Crippen LogP) is 3.31. The lowest BCUT2D eigenvalue weighted by atomic mass is 10.2. The van der Waals surface area contributed by atoms with Crippen molar-refractivity contribution in [3.63, 3.8) is 0 Å². The SMILES string of the molecule is C=C(NC(=O)OCc1ccccc1)NC(=O)OCc1ccccc1. The highest BCUT2D eigenvalue weighted by molar-refractivity contribution is 5.73. The van der Waals surface area contributed by atoms with Crippen LogP contribution in [0.25, 0.3) is 0 Å². The van der Waals surface area contributed by atoms with Crippen molar-refractivity contribution in [1.82, 2.24) is 10.6 Å². The molecule has 2 rings (SSSR count). The Bertz CT molecular complexity index is 627. The molecule has 2 amide bonds. The van der Waals surface area contributed by atoms with Crippen LogP contribution in [0.4, 0.5) is 9.59 Å². The third-order valence-corrected chi connectivity index (χ3v) is 2.93. The number of hydrogen-bond acceptors (Lipinski definition) is 4. The number of carbonyl (C=O) groups is 2. The van der Waals surface area contributed by atoms with Gasteiger partial charge in [0.25, 0.3) is 0 Å². The second-order valence-electron chi connectivity index (χ2n) is 4.85. The van der Waals surface area contributed by atoms with E-state index in [2.05, 4.69) is 17.2 Å². The zero-order valence-corrected chi connectivity index (χ0v) is 13.0. The Hall–Kier alpha value is -3.28. The first-order chi connectivity index (χ1) is 11.6. The summed E-state index contributed by atoms with van der Waals surface area (Å²) in [6, 6.07) is 18.5. The number of alkyl carbamates (subject to hydrolysis) is 2. The van der Waals surface area contributed by atoms with Crippen LogP contribution in [0, 0.1) is 0 Å². The zero-order valence-electron chi connectivity index (χ0n) is 13.0. The summed E-state index contributed by atoms with van der Waals surface area (Å²) in [5.74, 6) is -0.0221. The van der Waals surface area contributed by atoms with Crippen molar-refractivity contribution < 1.29 is 19.1 Å². The summed E-state index contributed by atoms with van der Waals surface area (Å²) < 4.78 is 10.0. The topological polar surface area (TPSA) is 76.7 Å². The molecule has 0 aliphatic heterocycles. The van der Waals surface area contributed by atoms with Crippen LogP contribution in [0.15, 0.2) is 73.1 Å². The lowest BCUT2D eigenvalue weighted by Crippen LogP contribution is -2.34. The van der Waals surface area contributed by atoms with Crippen LogP contribution < -0.4 is 10.6 Å². The smallest absolute Gasteiger partial charge is 0.413 e. The Balaban J connectivity index is 1.66. The summed E-state index contributed by atoms with van der Waals surface area (Å²) in [6.07, 6.45) is -1.43. The molecule has 24 heavy (non-hydrogen) atoms. The van der Waals surface area contributed by atoms with Crippen LogP contribution in [0.2, 0.25) is 0 Å². The fourth-order valence-corrected chi connectivity index (χ4v) is 1.80. The van der Waals surface area contributed by atoms with Crippen LogP contribution in [0.3, 0.4) is 0 Å². The average Bonchev–Trinajstić information content (AvgIpc) is 2.60. The minimum atomic E-state index is -0.716. The highest BCUT2D eigenvalue weighted by Crippen LogP contribution is 2.02. The molecule has 6 heteroatoms. The van der Waals surface area contributed by atoms with Crippen molar-refractivity contribution >= 4 is 12.2 Å². The Labute approximate surface area is 140 Å². The van der Waals surface area contributed by atoms with Crippen molar-refractivity contribution in [3.8, 4) is 0 Å². The summed E-state index contributed by atoms with van der Waals surface area (Å²) in [5, 5.41) is 4.62. The molecule has 0 radical (unpaired) electrons. The van der Waals surface area contributed by atoms with Gasteiger partial charge in [-0.1, -0.05) is 67.2 Å². The molecule has 0 saturated carbocycles. The first kappa shape index (κ1) is 17.1. The van der Waals surface area contributed by atoms with E-state index in [1.165, 1.54) is 0 Å². The number of hydrogen-bond donors (Lipinski definition) is 2. The van der Waals surface area contributed by atoms with E-state index in [1.807, 2.05) is 60.7 Å². The van der Waals surface area contributed by atoms with E-state index in [0.29, 0.717) is 0 Å². The average molecular weight is 326 g/mol. The molecule has 0 aromatic heterocycles. The highest BCUT2D eigenvalue weighted by Gasteiger charge is 2.08. The van der Waals surface area contributed by atoms with Crippen molar-refractivity contribution in [2.75, 3.05) is 0 Å². The second kappa shape index (κ2) is 8.99. The first-order valence-corrected chi connectivity index (χ1v) is 7.28. The molecular formula is C18H18N2O4. The molecule has 0 aliphatic carbocycles. The standard InChI is InChI=1S/C18H18N2O4/c1-14(19-17(21)23-12-15-8-4-2-5-9-15)20-18(22)24-13-16-10-6-3-7-11-16/h2-11H,1,12-13H2,(H,19,21)(H,20,22). The molecule has 2 N–H and O–H groups in total. The van der Waals surface area contributed by atoms with Crippen molar-refractivity contribution in [2.24, 2.45) is 0 Å². The van der Waals surface area contributed by atoms with Gasteiger partial charge in [0.05, 0.1) is 0 Å². The van der Waals surface area contributed by atoms with Gasteiger partial charge in [-0.15, -0.1) is 0 Å². The summed E-state index contributed by atoms with van der Waals surface area (Å²) >= 11 is 0. The summed E-state index contributed by atoms with van der Waals surface area (Å²) in [7, 11) is 0. The molecule has 0 fully saturated rings. The fourth-order valence-electron chi connectivity index (χ4n) is 1.80. The lowest BCUT2D eigenvalue weighted by molar-refractivity contribution is 0.136. The molecule has 124 valence electrons. The van der Waals surface area contributed by atoms with Crippen LogP contribution in [0.5, 0.6) is 0 Å². The molecule has 2 aromatic rings. The molecule has 0 bridgehead atoms. The van der Waals surface area contributed by atoms with Crippen molar-refractivity contribution in [3.05, 3.63) is 84.2 Å². The highest BCUT2D eigenvalue weighted by atomic mass is 16.6. The van der Waals surface area contributed by atoms with E-state index >= 15 is 0 Å². The van der Waals surface area contributed by atoms with E-state index in [1.54, 1.807) is 0 Å². The number of rotatable bonds is 6. The number of carbonyl (C=O) groups excluding carboxylic acids is 2. The van der Waals surface area contributed by atoms with Gasteiger partial charge < -0.3 is 9.47 Å². The third-order valence-electron chi connectivity index (χ3n) is 2.93. The normalized spacial score (nSPS) is 9.67. The maximum Gasteiger partial charge on any atom is 0.413 e. The first-order valence-electron chi connectivity index (χ1n) is 7.28. The fraction of sp³-hybridized carbons (Fsp3) is 0.111. The van der Waals surface area contributed by atoms with E-state index in [0.717, 1.165) is 11.1 Å². The van der Waals surface area contributed by atoms with Crippen LogP contribution in [0.1, 0.15) is 11.1 Å². The largest absolute Gasteiger partial charge is 0.444 e. The Morgan fingerprint density at radius 3 is 1.50 bits per heavy atom. The van der Waals surface area contributed by atoms with E-state index in [9.17, 15) is 9.59 Å². The van der Waals surface area contributed by atoms with Gasteiger partial charge in [-0.05, 0) is 11.1 Å². The van der Waals surface area contributed by atoms with Gasteiger partial charge in [0.2, 0.25) is 0 Å². The van der Waals surface area contributed by atoms with Gasteiger partial charge in [-0.25, -0.2) is 9.59 Å². The molecule has 0 aliphatic rings. The molecule has 0 unspecified atom stereocenters. The van der Waals surface area contributed by atoms with Gasteiger partial charge in [-0.2, -0.15) is 0 Å². The Morgan fingerprint density at radius 1 is 0.750 bits per heavy atom. The van der Waals surface area contributed by atoms with Crippen LogP contribution in [-0.4, -0.2) is 12.2 Å². The van der Waals surface area contributed by atoms with E-state index in [4.69, 9.17) is 9.47 Å². The van der Waals surface area contributed by atoms with Gasteiger partial charge >= 0.3 is 12.2 Å². The minimum Gasteiger partial charge on any atom is -0.444 e. The summed E-state index contributed by atoms with van der Waals surface area (Å²) in [4.78, 5) is 23.2. The molecule has 0 saturated heterocycles. The van der Waals surface area contributed by atoms with Crippen LogP contribution in [-0.2, 0) is 22.7 Å². The Kier molecular flexibility index (Phi) is 6.40. The maximum atomic E-state index is 11.6. The van der Waals surface area contributed by atoms with Crippen molar-refractivity contribution in [1.29, 1.82) is 0 Å². The number of ether oxygens (including phenoxy) is 2. The number of benzene rings is 2. The summed E-state index contributed by atoms with van der Waals surface area (Å²) in [5.41, 5.74) is 1.71. The summed E-state index contributed by atoms with van der Waals surface area (Å²) in [6.45, 7) is 3.77. The minimum absolute atomic E-state index is 0.0221. The van der Waals surface area contributed by atoms with Gasteiger partial charge in [0.1, 0.15) is 19.0 Å². The van der Waals surface area contributed by atoms with Crippen LogP contribution >= 0.6 is 0 Å². The molecule has 0 spiro atoms.